The number of carbonyl (C=O) groups excluding carboxylic acids is 2. The molecular weight excluding hydrogens is 347 g/mol. The van der Waals surface area contributed by atoms with E-state index >= 15 is 0 Å². The number of carboxylic acids is 2. The van der Waals surface area contributed by atoms with Crippen molar-refractivity contribution in [3.63, 3.8) is 0 Å². The van der Waals surface area contributed by atoms with Gasteiger partial charge in [-0.05, 0) is 0 Å². The maximum Gasteiger partial charge on any atom is 0.335 e. The van der Waals surface area contributed by atoms with Gasteiger partial charge in [-0.2, -0.15) is 4.39 Å². The summed E-state index contributed by atoms with van der Waals surface area (Å²) in [6, 6.07) is -3.43. The minimum absolute atomic E-state index is 0.135. The molecule has 1 rings (SSSR count). The number of aromatic nitrogens is 2. The van der Waals surface area contributed by atoms with Gasteiger partial charge in [0, 0.05) is 0 Å². The third-order valence-electron chi connectivity index (χ3n) is 2.89. The van der Waals surface area contributed by atoms with Crippen molar-refractivity contribution < 1.29 is 33.8 Å². The number of halogens is 1. The Morgan fingerprint density at radius 2 is 1.84 bits per heavy atom. The number of nitrogens with zero attached hydrogens (tertiary/aromatic N) is 1. The molecule has 136 valence electrons. The Labute approximate surface area is 137 Å². The van der Waals surface area contributed by atoms with Crippen LogP contribution in [-0.4, -0.2) is 55.6 Å². The highest BCUT2D eigenvalue weighted by atomic mass is 19.1. The predicted molar refractivity (Wildman–Crippen MR) is 76.3 cm³/mol. The van der Waals surface area contributed by atoms with E-state index in [1.54, 1.807) is 0 Å². The molecule has 0 saturated heterocycles. The molecule has 0 bridgehead atoms. The largest absolute Gasteiger partial charge is 0.481 e. The van der Waals surface area contributed by atoms with Crippen molar-refractivity contribution in [1.82, 2.24) is 14.9 Å². The fourth-order valence-corrected chi connectivity index (χ4v) is 1.67. The number of aromatic amines is 1. The van der Waals surface area contributed by atoms with Gasteiger partial charge in [0.2, 0.25) is 17.6 Å². The van der Waals surface area contributed by atoms with Crippen LogP contribution in [0.5, 0.6) is 0 Å². The molecule has 1 aromatic rings. The molecule has 0 saturated carbocycles. The van der Waals surface area contributed by atoms with Gasteiger partial charge < -0.3 is 21.3 Å². The van der Waals surface area contributed by atoms with Gasteiger partial charge in [-0.3, -0.25) is 24.2 Å². The van der Waals surface area contributed by atoms with Crippen molar-refractivity contribution in [1.29, 1.82) is 0 Å². The average molecular weight is 360 g/mol. The summed E-state index contributed by atoms with van der Waals surface area (Å²) < 4.78 is 13.3. The number of aliphatic carboxylic acids is 2. The van der Waals surface area contributed by atoms with Crippen molar-refractivity contribution in [3.05, 3.63) is 32.9 Å². The zero-order valence-corrected chi connectivity index (χ0v) is 12.4. The SMILES string of the molecule is NC(CC(=O)O)C(=O)NC(CC(=O)n1cc(F)c(=O)[nH]c1=O)C(=O)O. The molecule has 1 heterocycles. The molecule has 0 fully saturated rings. The van der Waals surface area contributed by atoms with E-state index in [4.69, 9.17) is 15.9 Å². The van der Waals surface area contributed by atoms with Crippen molar-refractivity contribution in [2.24, 2.45) is 5.73 Å². The van der Waals surface area contributed by atoms with E-state index in [9.17, 15) is 33.2 Å². The van der Waals surface area contributed by atoms with Crippen LogP contribution < -0.4 is 22.3 Å². The molecule has 12 nitrogen and oxygen atoms in total. The number of H-pyrrole nitrogens is 1. The smallest absolute Gasteiger partial charge is 0.335 e. The third kappa shape index (κ3) is 5.35. The highest BCUT2D eigenvalue weighted by Gasteiger charge is 2.27. The third-order valence-corrected chi connectivity index (χ3v) is 2.89. The summed E-state index contributed by atoms with van der Waals surface area (Å²) in [5.74, 6) is -6.92. The van der Waals surface area contributed by atoms with Crippen LogP contribution in [0.3, 0.4) is 0 Å². The summed E-state index contributed by atoms with van der Waals surface area (Å²) in [5, 5.41) is 19.4. The number of hydrogen-bond acceptors (Lipinski definition) is 7. The highest BCUT2D eigenvalue weighted by molar-refractivity contribution is 5.92. The Morgan fingerprint density at radius 1 is 1.24 bits per heavy atom. The maximum atomic E-state index is 13.1. The number of carboxylic acid groups (broad SMARTS) is 2. The van der Waals surface area contributed by atoms with Crippen molar-refractivity contribution in [3.8, 4) is 0 Å². The summed E-state index contributed by atoms with van der Waals surface area (Å²) in [7, 11) is 0. The molecule has 13 heteroatoms. The van der Waals surface area contributed by atoms with Gasteiger partial charge >= 0.3 is 17.6 Å². The molecule has 6 N–H and O–H groups in total. The van der Waals surface area contributed by atoms with Gasteiger partial charge in [0.25, 0.3) is 5.56 Å². The molecule has 0 aliphatic rings. The average Bonchev–Trinajstić information content (AvgIpc) is 2.49. The molecular formula is C12H13FN4O8. The molecule has 1 amide bonds. The van der Waals surface area contributed by atoms with Crippen molar-refractivity contribution in [2.45, 2.75) is 24.9 Å². The summed E-state index contributed by atoms with van der Waals surface area (Å²) in [4.78, 5) is 68.9. The number of nitrogens with one attached hydrogen (secondary N) is 2. The summed E-state index contributed by atoms with van der Waals surface area (Å²) in [6.07, 6.45) is -1.48. The fourth-order valence-electron chi connectivity index (χ4n) is 1.67. The first-order valence-corrected chi connectivity index (χ1v) is 6.58. The van der Waals surface area contributed by atoms with E-state index < -0.39 is 65.7 Å². The van der Waals surface area contributed by atoms with Crippen LogP contribution in [0.25, 0.3) is 0 Å². The minimum Gasteiger partial charge on any atom is -0.481 e. The predicted octanol–water partition coefficient (Wildman–Crippen LogP) is -2.92. The molecule has 0 radical (unpaired) electrons. The molecule has 2 unspecified atom stereocenters. The maximum absolute atomic E-state index is 13.1. The molecule has 0 aliphatic carbocycles. The Morgan fingerprint density at radius 3 is 2.36 bits per heavy atom. The van der Waals surface area contributed by atoms with Crippen LogP contribution in [0.1, 0.15) is 17.6 Å². The Balaban J connectivity index is 2.93. The lowest BCUT2D eigenvalue weighted by Gasteiger charge is -2.16. The first kappa shape index (κ1) is 19.7. The second-order valence-electron chi connectivity index (χ2n) is 4.81. The Kier molecular flexibility index (Phi) is 6.27. The summed E-state index contributed by atoms with van der Waals surface area (Å²) in [6.45, 7) is 0. The fraction of sp³-hybridized carbons (Fsp3) is 0.333. The van der Waals surface area contributed by atoms with Gasteiger partial charge in [-0.25, -0.2) is 14.2 Å². The second kappa shape index (κ2) is 7.96. The first-order valence-electron chi connectivity index (χ1n) is 6.58. The molecule has 0 spiro atoms. The summed E-state index contributed by atoms with van der Waals surface area (Å²) >= 11 is 0. The normalized spacial score (nSPS) is 12.9. The van der Waals surface area contributed by atoms with Crippen LogP contribution in [0.4, 0.5) is 4.39 Å². The van der Waals surface area contributed by atoms with Gasteiger partial charge in [-0.15, -0.1) is 0 Å². The summed E-state index contributed by atoms with van der Waals surface area (Å²) in [5.41, 5.74) is 2.59. The number of amides is 1. The van der Waals surface area contributed by atoms with E-state index in [1.165, 1.54) is 4.98 Å². The quantitative estimate of drug-likeness (QED) is 0.337. The van der Waals surface area contributed by atoms with Gasteiger partial charge in [-0.1, -0.05) is 0 Å². The minimum atomic E-state index is -1.86. The van der Waals surface area contributed by atoms with Crippen LogP contribution in [0.15, 0.2) is 15.8 Å². The van der Waals surface area contributed by atoms with E-state index in [0.717, 1.165) is 0 Å². The van der Waals surface area contributed by atoms with Crippen LogP contribution in [-0.2, 0) is 14.4 Å². The molecule has 25 heavy (non-hydrogen) atoms. The van der Waals surface area contributed by atoms with Crippen molar-refractivity contribution in [2.75, 3.05) is 0 Å². The lowest BCUT2D eigenvalue weighted by molar-refractivity contribution is -0.142. The Hall–Kier alpha value is -3.35. The number of hydrogen-bond donors (Lipinski definition) is 5. The monoisotopic (exact) mass is 360 g/mol. The highest BCUT2D eigenvalue weighted by Crippen LogP contribution is 1.99. The van der Waals surface area contributed by atoms with E-state index in [1.807, 2.05) is 5.32 Å². The first-order chi connectivity index (χ1) is 11.5. The van der Waals surface area contributed by atoms with Crippen LogP contribution in [0, 0.1) is 5.82 Å². The molecule has 2 atom stereocenters. The standard InChI is InChI=1S/C12H13FN4O8/c13-4-3-17(12(25)16-9(4)21)7(18)2-6(11(23)24)15-10(22)5(14)1-8(19)20/h3,5-6H,1-2,14H2,(H,15,22)(H,19,20)(H,23,24)(H,16,21,25). The molecule has 0 aromatic carbocycles. The number of rotatable bonds is 7. The van der Waals surface area contributed by atoms with Gasteiger partial charge in [0.1, 0.15) is 6.04 Å². The topological polar surface area (TPSA) is 202 Å². The van der Waals surface area contributed by atoms with Crippen LogP contribution >= 0.6 is 0 Å². The molecule has 1 aromatic heterocycles. The van der Waals surface area contributed by atoms with Gasteiger partial charge in [0.05, 0.1) is 25.1 Å². The van der Waals surface area contributed by atoms with Crippen molar-refractivity contribution >= 4 is 23.8 Å². The zero-order valence-electron chi connectivity index (χ0n) is 12.4. The van der Waals surface area contributed by atoms with Gasteiger partial charge in [0.15, 0.2) is 0 Å². The van der Waals surface area contributed by atoms with E-state index in [2.05, 4.69) is 0 Å². The lowest BCUT2D eigenvalue weighted by Crippen LogP contribution is -2.50. The zero-order chi connectivity index (χ0) is 19.3. The van der Waals surface area contributed by atoms with E-state index in [-0.39, 0.29) is 10.8 Å². The Bertz CT molecular complexity index is 829. The van der Waals surface area contributed by atoms with Crippen LogP contribution in [0.2, 0.25) is 0 Å². The number of nitrogens with two attached hydrogens (primary N) is 1. The second-order valence-corrected chi connectivity index (χ2v) is 4.81. The lowest BCUT2D eigenvalue weighted by atomic mass is 10.1. The molecule has 0 aliphatic heterocycles. The number of carbonyl (C=O) groups is 4. The van der Waals surface area contributed by atoms with E-state index in [0.29, 0.717) is 0 Å².